The van der Waals surface area contributed by atoms with E-state index in [1.807, 2.05) is 12.1 Å². The van der Waals surface area contributed by atoms with Crippen molar-refractivity contribution in [2.75, 3.05) is 23.4 Å². The van der Waals surface area contributed by atoms with E-state index in [4.69, 9.17) is 9.72 Å². The molecule has 2 atom stereocenters. The second-order valence-corrected chi connectivity index (χ2v) is 7.48. The van der Waals surface area contributed by atoms with Crippen molar-refractivity contribution in [3.63, 3.8) is 0 Å². The van der Waals surface area contributed by atoms with Crippen LogP contribution in [0.2, 0.25) is 0 Å². The third-order valence-electron chi connectivity index (χ3n) is 5.54. The van der Waals surface area contributed by atoms with Crippen LogP contribution in [0.25, 0.3) is 11.0 Å². The lowest BCUT2D eigenvalue weighted by atomic mass is 10.0. The Bertz CT molecular complexity index is 1030. The number of hydrogen-bond donors (Lipinski definition) is 1. The van der Waals surface area contributed by atoms with Crippen molar-refractivity contribution < 1.29 is 9.13 Å². The summed E-state index contributed by atoms with van der Waals surface area (Å²) in [5, 5.41) is 3.44. The van der Waals surface area contributed by atoms with Gasteiger partial charge in [-0.1, -0.05) is 0 Å². The predicted octanol–water partition coefficient (Wildman–Crippen LogP) is 4.09. The lowest BCUT2D eigenvalue weighted by Gasteiger charge is -2.27. The van der Waals surface area contributed by atoms with Crippen LogP contribution in [0.3, 0.4) is 0 Å². The van der Waals surface area contributed by atoms with Gasteiger partial charge < -0.3 is 15.0 Å². The first-order chi connectivity index (χ1) is 13.7. The highest BCUT2D eigenvalue weighted by molar-refractivity contribution is 5.86. The summed E-state index contributed by atoms with van der Waals surface area (Å²) in [6, 6.07) is 8.97. The Balaban J connectivity index is 1.67. The molecule has 1 aromatic carbocycles. The normalized spacial score (nSPS) is 21.7. The summed E-state index contributed by atoms with van der Waals surface area (Å²) in [6.07, 6.45) is 4.31. The molecule has 0 saturated carbocycles. The number of fused-ring (bicyclic) bond motifs is 5. The van der Waals surface area contributed by atoms with E-state index >= 15 is 0 Å². The fourth-order valence-electron chi connectivity index (χ4n) is 4.12. The number of halogens is 1. The van der Waals surface area contributed by atoms with Gasteiger partial charge in [0.15, 0.2) is 5.82 Å². The number of anilines is 2. The number of nitrogens with one attached hydrogen (secondary N) is 1. The quantitative estimate of drug-likeness (QED) is 0.635. The molecule has 4 heterocycles. The molecule has 1 N–H and O–H groups in total. The third kappa shape index (κ3) is 3.00. The van der Waals surface area contributed by atoms with Gasteiger partial charge in [0.25, 0.3) is 0 Å². The Morgan fingerprint density at radius 1 is 1.18 bits per heavy atom. The molecule has 144 valence electrons. The van der Waals surface area contributed by atoms with Crippen molar-refractivity contribution in [1.29, 1.82) is 0 Å². The number of nitrogens with zero attached hydrogens (tertiary/aromatic N) is 4. The molecule has 1 saturated heterocycles. The highest BCUT2D eigenvalue weighted by Crippen LogP contribution is 2.40. The van der Waals surface area contributed by atoms with Crippen LogP contribution in [-0.2, 0) is 0 Å². The van der Waals surface area contributed by atoms with Gasteiger partial charge in [0, 0.05) is 24.6 Å². The van der Waals surface area contributed by atoms with Crippen molar-refractivity contribution in [3.05, 3.63) is 48.0 Å². The van der Waals surface area contributed by atoms with E-state index in [2.05, 4.69) is 27.1 Å². The van der Waals surface area contributed by atoms with Crippen LogP contribution in [0.15, 0.2) is 36.7 Å². The molecule has 28 heavy (non-hydrogen) atoms. The van der Waals surface area contributed by atoms with Crippen LogP contribution >= 0.6 is 0 Å². The molecular formula is C21H22FN5O. The molecule has 2 bridgehead atoms. The average Bonchev–Trinajstić information content (AvgIpc) is 3.18. The first kappa shape index (κ1) is 17.2. The molecule has 3 aromatic rings. The Hall–Kier alpha value is -2.96. The van der Waals surface area contributed by atoms with Crippen LogP contribution in [0.1, 0.15) is 37.8 Å². The maximum absolute atomic E-state index is 14.1. The Morgan fingerprint density at radius 2 is 2.11 bits per heavy atom. The highest BCUT2D eigenvalue weighted by Gasteiger charge is 2.30. The molecule has 0 amide bonds. The van der Waals surface area contributed by atoms with E-state index in [0.29, 0.717) is 6.61 Å². The van der Waals surface area contributed by atoms with Crippen molar-refractivity contribution in [1.82, 2.24) is 15.0 Å². The molecule has 2 aliphatic rings. The second-order valence-electron chi connectivity index (χ2n) is 7.48. The van der Waals surface area contributed by atoms with Crippen LogP contribution in [0.5, 0.6) is 5.75 Å². The standard InChI is InChI=1S/C21H22FN5O/c1-13-8-10-28-18-6-4-14(22)11-15(18)17-3-2-9-27(17)19-7-5-16-20(26-19)21(25-13)24-12-23-16/h4-7,11-13,17H,2-3,8-10H2,1H3,(H,23,24,25)/t13-,17-/m1/s1. The predicted molar refractivity (Wildman–Crippen MR) is 106 cm³/mol. The first-order valence-electron chi connectivity index (χ1n) is 9.76. The summed E-state index contributed by atoms with van der Waals surface area (Å²) in [4.78, 5) is 15.9. The first-order valence-corrected chi connectivity index (χ1v) is 9.76. The van der Waals surface area contributed by atoms with E-state index in [1.54, 1.807) is 18.5 Å². The van der Waals surface area contributed by atoms with Crippen LogP contribution in [0.4, 0.5) is 16.0 Å². The van der Waals surface area contributed by atoms with Crippen molar-refractivity contribution in [3.8, 4) is 5.75 Å². The summed E-state index contributed by atoms with van der Waals surface area (Å²) >= 11 is 0. The van der Waals surface area contributed by atoms with Gasteiger partial charge >= 0.3 is 0 Å². The van der Waals surface area contributed by atoms with Crippen LogP contribution in [-0.4, -0.2) is 34.1 Å². The lowest BCUT2D eigenvalue weighted by Crippen LogP contribution is -2.24. The fraction of sp³-hybridized carbons (Fsp3) is 0.381. The van der Waals surface area contributed by atoms with E-state index in [9.17, 15) is 4.39 Å². The molecule has 6 nitrogen and oxygen atoms in total. The maximum atomic E-state index is 14.1. The van der Waals surface area contributed by atoms with Gasteiger partial charge in [-0.05, 0) is 50.1 Å². The van der Waals surface area contributed by atoms with E-state index < -0.39 is 0 Å². The number of pyridine rings is 1. The van der Waals surface area contributed by atoms with Gasteiger partial charge in [0.05, 0.1) is 18.2 Å². The number of ether oxygens (including phenoxy) is 1. The fourth-order valence-corrected chi connectivity index (χ4v) is 4.12. The zero-order chi connectivity index (χ0) is 19.1. The minimum absolute atomic E-state index is 0.0369. The largest absolute Gasteiger partial charge is 0.493 e. The van der Waals surface area contributed by atoms with Crippen LogP contribution < -0.4 is 15.0 Å². The third-order valence-corrected chi connectivity index (χ3v) is 5.54. The molecule has 1 fully saturated rings. The molecule has 5 rings (SSSR count). The SMILES string of the molecule is C[C@@H]1CCOc2ccc(F)cc2[C@H]2CCCN2c2ccc3ncnc(c3n2)N1. The van der Waals surface area contributed by atoms with Crippen LogP contribution in [0, 0.1) is 5.82 Å². The summed E-state index contributed by atoms with van der Waals surface area (Å²) in [5.41, 5.74) is 2.46. The van der Waals surface area contributed by atoms with Gasteiger partial charge in [0.2, 0.25) is 0 Å². The van der Waals surface area contributed by atoms with Crippen molar-refractivity contribution >= 4 is 22.7 Å². The monoisotopic (exact) mass is 379 g/mol. The summed E-state index contributed by atoms with van der Waals surface area (Å²) in [7, 11) is 0. The minimum atomic E-state index is -0.240. The van der Waals surface area contributed by atoms with Crippen molar-refractivity contribution in [2.45, 2.75) is 38.3 Å². The van der Waals surface area contributed by atoms with E-state index in [0.717, 1.165) is 59.8 Å². The molecule has 7 heteroatoms. The topological polar surface area (TPSA) is 63.2 Å². The Labute approximate surface area is 162 Å². The molecule has 0 unspecified atom stereocenters. The second kappa shape index (κ2) is 6.89. The van der Waals surface area contributed by atoms with E-state index in [-0.39, 0.29) is 17.9 Å². The zero-order valence-electron chi connectivity index (χ0n) is 15.7. The Morgan fingerprint density at radius 3 is 3.04 bits per heavy atom. The minimum Gasteiger partial charge on any atom is -0.493 e. The van der Waals surface area contributed by atoms with Gasteiger partial charge in [-0.3, -0.25) is 0 Å². The Kier molecular flexibility index (Phi) is 4.22. The van der Waals surface area contributed by atoms with E-state index in [1.165, 1.54) is 6.07 Å². The highest BCUT2D eigenvalue weighted by atomic mass is 19.1. The van der Waals surface area contributed by atoms with Gasteiger partial charge in [0.1, 0.15) is 29.2 Å². The molecule has 0 aliphatic carbocycles. The summed E-state index contributed by atoms with van der Waals surface area (Å²) in [6.45, 7) is 3.50. The van der Waals surface area contributed by atoms with Gasteiger partial charge in [-0.25, -0.2) is 19.3 Å². The maximum Gasteiger partial charge on any atom is 0.156 e. The molecule has 2 aliphatic heterocycles. The zero-order valence-corrected chi connectivity index (χ0v) is 15.7. The molecule has 0 radical (unpaired) electrons. The average molecular weight is 379 g/mol. The molecular weight excluding hydrogens is 357 g/mol. The number of benzene rings is 1. The van der Waals surface area contributed by atoms with Gasteiger partial charge in [-0.15, -0.1) is 0 Å². The smallest absolute Gasteiger partial charge is 0.156 e. The summed E-state index contributed by atoms with van der Waals surface area (Å²) in [5.74, 6) is 2.10. The molecule has 2 aromatic heterocycles. The summed E-state index contributed by atoms with van der Waals surface area (Å²) < 4.78 is 20.2. The number of aromatic nitrogens is 3. The lowest BCUT2D eigenvalue weighted by molar-refractivity contribution is 0.299. The number of rotatable bonds is 0. The molecule has 0 spiro atoms. The van der Waals surface area contributed by atoms with Crippen molar-refractivity contribution in [2.24, 2.45) is 0 Å². The number of hydrogen-bond acceptors (Lipinski definition) is 6. The van der Waals surface area contributed by atoms with Gasteiger partial charge in [-0.2, -0.15) is 0 Å².